The van der Waals surface area contributed by atoms with Gasteiger partial charge >= 0.3 is 6.01 Å². The first-order chi connectivity index (χ1) is 19.8. The van der Waals surface area contributed by atoms with E-state index >= 15 is 0 Å². The molecule has 3 aromatic rings. The van der Waals surface area contributed by atoms with E-state index in [0.717, 1.165) is 33.4 Å². The molecule has 10 heteroatoms. The molecule has 0 radical (unpaired) electrons. The molecule has 0 saturated carbocycles. The number of hydrogen-bond acceptors (Lipinski definition) is 8. The summed E-state index contributed by atoms with van der Waals surface area (Å²) in [5.41, 5.74) is 2.79. The third-order valence-corrected chi connectivity index (χ3v) is 7.90. The summed E-state index contributed by atoms with van der Waals surface area (Å²) in [5.74, 6) is 0.557. The van der Waals surface area contributed by atoms with Crippen LogP contribution in [0, 0.1) is 11.3 Å². The molecule has 1 amide bonds. The Morgan fingerprint density at radius 1 is 1.29 bits per heavy atom. The number of nitriles is 1. The molecule has 5 rings (SSSR count). The normalized spacial score (nSPS) is 19.5. The summed E-state index contributed by atoms with van der Waals surface area (Å²) in [6.07, 6.45) is 1.68. The average molecular weight is 575 g/mol. The molecule has 214 valence electrons. The lowest BCUT2D eigenvalue weighted by Crippen LogP contribution is -2.55. The zero-order valence-corrected chi connectivity index (χ0v) is 24.5. The largest absolute Gasteiger partial charge is 0.459 e. The standard InChI is InChI=1S/C31H35ClN6O3/c1-5-28(39)38-15-14-37(18-22(38)12-13-33)30-24-19-40-27(23-10-6-8-21-9-7-11-25(32)29(21)23)16-26(24)34-31(35-30)41-20(2)17-36(3)4/h5-11,20,22,27H,1,12,14-19H2,2-4H3/t20?,22-,27?/m0/s1. The van der Waals surface area contributed by atoms with Crippen molar-refractivity contribution in [3.63, 3.8) is 0 Å². The first kappa shape index (κ1) is 28.8. The first-order valence-corrected chi connectivity index (χ1v) is 14.2. The highest BCUT2D eigenvalue weighted by atomic mass is 35.5. The Labute approximate surface area is 245 Å². The molecule has 0 spiro atoms. The highest BCUT2D eigenvalue weighted by Gasteiger charge is 2.34. The van der Waals surface area contributed by atoms with Crippen LogP contribution in [0.3, 0.4) is 0 Å². The van der Waals surface area contributed by atoms with Crippen LogP contribution in [0.5, 0.6) is 6.01 Å². The van der Waals surface area contributed by atoms with Crippen molar-refractivity contribution < 1.29 is 14.3 Å². The number of amides is 1. The number of fused-ring (bicyclic) bond motifs is 2. The van der Waals surface area contributed by atoms with E-state index in [4.69, 9.17) is 31.0 Å². The molecule has 1 saturated heterocycles. The van der Waals surface area contributed by atoms with E-state index in [-0.39, 0.29) is 30.6 Å². The van der Waals surface area contributed by atoms with Gasteiger partial charge in [-0.15, -0.1) is 0 Å². The molecule has 1 aromatic heterocycles. The van der Waals surface area contributed by atoms with Crippen LogP contribution >= 0.6 is 11.6 Å². The lowest BCUT2D eigenvalue weighted by atomic mass is 9.94. The van der Waals surface area contributed by atoms with Crippen LogP contribution in [0.1, 0.15) is 36.3 Å². The quantitative estimate of drug-likeness (QED) is 0.362. The predicted octanol–water partition coefficient (Wildman–Crippen LogP) is 4.54. The maximum absolute atomic E-state index is 12.5. The summed E-state index contributed by atoms with van der Waals surface area (Å²) in [4.78, 5) is 28.1. The maximum Gasteiger partial charge on any atom is 0.318 e. The summed E-state index contributed by atoms with van der Waals surface area (Å²) < 4.78 is 12.7. The summed E-state index contributed by atoms with van der Waals surface area (Å²) in [6.45, 7) is 8.13. The van der Waals surface area contributed by atoms with Gasteiger partial charge in [0.2, 0.25) is 5.91 Å². The number of anilines is 1. The Morgan fingerprint density at radius 2 is 2.07 bits per heavy atom. The zero-order valence-electron chi connectivity index (χ0n) is 23.7. The van der Waals surface area contributed by atoms with Gasteiger partial charge in [-0.1, -0.05) is 48.5 Å². The number of ether oxygens (including phenoxy) is 2. The molecule has 9 nitrogen and oxygen atoms in total. The molecule has 0 bridgehead atoms. The summed E-state index contributed by atoms with van der Waals surface area (Å²) >= 11 is 6.65. The number of hydrogen-bond donors (Lipinski definition) is 0. The molecular weight excluding hydrogens is 540 g/mol. The lowest BCUT2D eigenvalue weighted by Gasteiger charge is -2.42. The smallest absolute Gasteiger partial charge is 0.318 e. The monoisotopic (exact) mass is 574 g/mol. The molecule has 0 N–H and O–H groups in total. The Bertz CT molecular complexity index is 1480. The predicted molar refractivity (Wildman–Crippen MR) is 159 cm³/mol. The summed E-state index contributed by atoms with van der Waals surface area (Å²) in [5, 5.41) is 12.2. The first-order valence-electron chi connectivity index (χ1n) is 13.8. The molecule has 2 unspecified atom stereocenters. The highest BCUT2D eigenvalue weighted by Crippen LogP contribution is 2.39. The molecule has 3 heterocycles. The Morgan fingerprint density at radius 3 is 2.80 bits per heavy atom. The van der Waals surface area contributed by atoms with Gasteiger partial charge in [0.25, 0.3) is 0 Å². The average Bonchev–Trinajstić information content (AvgIpc) is 2.95. The van der Waals surface area contributed by atoms with Gasteiger partial charge < -0.3 is 24.2 Å². The molecule has 3 atom stereocenters. The second-order valence-electron chi connectivity index (χ2n) is 10.8. The van der Waals surface area contributed by atoms with Gasteiger partial charge in [-0.2, -0.15) is 15.2 Å². The lowest BCUT2D eigenvalue weighted by molar-refractivity contribution is -0.128. The summed E-state index contributed by atoms with van der Waals surface area (Å²) in [6, 6.07) is 14.3. The number of halogens is 1. The van der Waals surface area contributed by atoms with Crippen LogP contribution in [0.15, 0.2) is 49.1 Å². The SMILES string of the molecule is C=CC(=O)N1CCN(c2nc(OC(C)CN(C)C)nc3c2COC(c2cccc4cccc(Cl)c24)C3)C[C@@H]1CC#N. The number of likely N-dealkylation sites (N-methyl/N-ethyl adjacent to an activating group) is 1. The topological polar surface area (TPSA) is 94.8 Å². The van der Waals surface area contributed by atoms with Crippen LogP contribution in [0.25, 0.3) is 10.8 Å². The molecule has 2 aliphatic rings. The van der Waals surface area contributed by atoms with Crippen LogP contribution in [0.2, 0.25) is 5.02 Å². The minimum atomic E-state index is -0.281. The molecule has 0 aliphatic carbocycles. The van der Waals surface area contributed by atoms with Crippen molar-refractivity contribution in [2.45, 2.75) is 44.6 Å². The van der Waals surface area contributed by atoms with Crippen molar-refractivity contribution in [3.05, 3.63) is 70.9 Å². The third-order valence-electron chi connectivity index (χ3n) is 7.59. The third kappa shape index (κ3) is 6.15. The van der Waals surface area contributed by atoms with Crippen molar-refractivity contribution in [1.29, 1.82) is 5.26 Å². The van der Waals surface area contributed by atoms with Crippen molar-refractivity contribution in [2.75, 3.05) is 45.2 Å². The Kier molecular flexibility index (Phi) is 8.74. The number of carbonyl (C=O) groups is 1. The molecule has 2 aliphatic heterocycles. The van der Waals surface area contributed by atoms with Gasteiger partial charge in [-0.25, -0.2) is 0 Å². The number of nitrogens with zero attached hydrogens (tertiary/aromatic N) is 6. The van der Waals surface area contributed by atoms with E-state index in [2.05, 4.69) is 28.5 Å². The van der Waals surface area contributed by atoms with Gasteiger partial charge in [-0.3, -0.25) is 4.79 Å². The molecule has 2 aromatic carbocycles. The molecule has 41 heavy (non-hydrogen) atoms. The van der Waals surface area contributed by atoms with Crippen molar-refractivity contribution in [3.8, 4) is 12.1 Å². The van der Waals surface area contributed by atoms with E-state index in [9.17, 15) is 10.1 Å². The molecule has 1 fully saturated rings. The van der Waals surface area contributed by atoms with E-state index in [1.165, 1.54) is 6.08 Å². The second kappa shape index (κ2) is 12.4. The number of rotatable bonds is 8. The van der Waals surface area contributed by atoms with Gasteiger partial charge in [0.1, 0.15) is 11.9 Å². The molecular formula is C31H35ClN6O3. The maximum atomic E-state index is 12.5. The zero-order chi connectivity index (χ0) is 29.1. The van der Waals surface area contributed by atoms with E-state index in [1.807, 2.05) is 51.4 Å². The van der Waals surface area contributed by atoms with Gasteiger partial charge in [0, 0.05) is 48.6 Å². The number of benzene rings is 2. The fourth-order valence-electron chi connectivity index (χ4n) is 5.80. The minimum Gasteiger partial charge on any atom is -0.459 e. The van der Waals surface area contributed by atoms with Crippen molar-refractivity contribution >= 4 is 34.1 Å². The van der Waals surface area contributed by atoms with Crippen molar-refractivity contribution in [2.24, 2.45) is 0 Å². The second-order valence-corrected chi connectivity index (χ2v) is 11.2. The van der Waals surface area contributed by atoms with E-state index < -0.39 is 0 Å². The van der Waals surface area contributed by atoms with Crippen LogP contribution in [-0.2, 0) is 22.6 Å². The summed E-state index contributed by atoms with van der Waals surface area (Å²) in [7, 11) is 3.99. The number of aromatic nitrogens is 2. The van der Waals surface area contributed by atoms with Crippen molar-refractivity contribution in [1.82, 2.24) is 19.8 Å². The van der Waals surface area contributed by atoms with Gasteiger partial charge in [-0.05, 0) is 44.1 Å². The number of piperazine rings is 1. The highest BCUT2D eigenvalue weighted by molar-refractivity contribution is 6.35. The van der Waals surface area contributed by atoms with Gasteiger partial charge in [0.15, 0.2) is 0 Å². The minimum absolute atomic E-state index is 0.128. The number of carbonyl (C=O) groups excluding carboxylic acids is 1. The Hall–Kier alpha value is -3.71. The fraction of sp³-hybridized carbons (Fsp3) is 0.419. The van der Waals surface area contributed by atoms with Gasteiger partial charge in [0.05, 0.1) is 36.9 Å². The van der Waals surface area contributed by atoms with Crippen LogP contribution < -0.4 is 9.64 Å². The van der Waals surface area contributed by atoms with E-state index in [0.29, 0.717) is 50.2 Å². The van der Waals surface area contributed by atoms with E-state index in [1.54, 1.807) is 4.90 Å². The Balaban J connectivity index is 1.51. The van der Waals surface area contributed by atoms with Crippen LogP contribution in [-0.4, -0.2) is 78.1 Å². The fourth-order valence-corrected chi connectivity index (χ4v) is 6.09. The van der Waals surface area contributed by atoms with Crippen LogP contribution in [0.4, 0.5) is 5.82 Å².